The molecule has 0 aliphatic carbocycles. The maximum Gasteiger partial charge on any atom is 0.219 e. The first-order valence-electron chi connectivity index (χ1n) is 5.65. The van der Waals surface area contributed by atoms with Gasteiger partial charge in [-0.2, -0.15) is 0 Å². The van der Waals surface area contributed by atoms with E-state index in [0.29, 0.717) is 27.9 Å². The Hall–Kier alpha value is -1.34. The van der Waals surface area contributed by atoms with Crippen LogP contribution in [0.1, 0.15) is 12.7 Å². The van der Waals surface area contributed by atoms with Crippen molar-refractivity contribution in [1.82, 2.24) is 10.6 Å². The number of thioether (sulfide) groups is 1. The normalized spacial score (nSPS) is 19.1. The van der Waals surface area contributed by atoms with Crippen molar-refractivity contribution < 1.29 is 13.6 Å². The van der Waals surface area contributed by atoms with Gasteiger partial charge in [-0.1, -0.05) is 11.8 Å². The van der Waals surface area contributed by atoms with E-state index in [1.165, 1.54) is 0 Å². The lowest BCUT2D eigenvalue weighted by atomic mass is 10.1. The first-order valence-corrected chi connectivity index (χ1v) is 7.05. The van der Waals surface area contributed by atoms with Crippen molar-refractivity contribution in [3.05, 3.63) is 35.4 Å². The van der Waals surface area contributed by atoms with Gasteiger partial charge in [-0.25, -0.2) is 4.39 Å². The highest BCUT2D eigenvalue weighted by Crippen LogP contribution is 2.23. The fraction of sp³-hybridized carbons (Fsp3) is 0.333. The molecule has 0 saturated carbocycles. The standard InChI is InChI=1S/C12H13FN2O2S2/c1-7-10(9(5-13)15-12(18)14-7)11(16)19-6-8-3-2-4-17-8/h2-4,9H,5-6H2,1H3,(H2,14,15,18). The van der Waals surface area contributed by atoms with Crippen LogP contribution in [0.2, 0.25) is 0 Å². The predicted octanol–water partition coefficient (Wildman–Crippen LogP) is 2.13. The lowest BCUT2D eigenvalue weighted by molar-refractivity contribution is -0.108. The van der Waals surface area contributed by atoms with E-state index in [-0.39, 0.29) is 5.12 Å². The monoisotopic (exact) mass is 300 g/mol. The molecular formula is C12H13FN2O2S2. The fourth-order valence-electron chi connectivity index (χ4n) is 1.79. The molecule has 1 atom stereocenters. The Morgan fingerprint density at radius 1 is 1.63 bits per heavy atom. The summed E-state index contributed by atoms with van der Waals surface area (Å²) in [4.78, 5) is 12.2. The second kappa shape index (κ2) is 6.21. The Kier molecular flexibility index (Phi) is 4.60. The third-order valence-corrected chi connectivity index (χ3v) is 3.79. The number of furan rings is 1. The molecule has 0 saturated heterocycles. The molecule has 19 heavy (non-hydrogen) atoms. The van der Waals surface area contributed by atoms with Crippen LogP contribution in [0, 0.1) is 0 Å². The summed E-state index contributed by atoms with van der Waals surface area (Å²) in [7, 11) is 0. The maximum absolute atomic E-state index is 13.0. The third-order valence-electron chi connectivity index (χ3n) is 2.66. The van der Waals surface area contributed by atoms with Crippen molar-refractivity contribution >= 4 is 34.2 Å². The molecule has 1 unspecified atom stereocenters. The topological polar surface area (TPSA) is 54.3 Å². The molecule has 2 rings (SSSR count). The molecule has 2 N–H and O–H groups in total. The molecule has 0 fully saturated rings. The van der Waals surface area contributed by atoms with Crippen LogP contribution in [-0.2, 0) is 10.5 Å². The van der Waals surface area contributed by atoms with Crippen molar-refractivity contribution in [1.29, 1.82) is 0 Å². The molecule has 1 aliphatic heterocycles. The van der Waals surface area contributed by atoms with E-state index in [0.717, 1.165) is 11.8 Å². The van der Waals surface area contributed by atoms with Crippen molar-refractivity contribution in [2.24, 2.45) is 0 Å². The van der Waals surface area contributed by atoms with Crippen molar-refractivity contribution in [2.75, 3.05) is 6.67 Å². The lowest BCUT2D eigenvalue weighted by Gasteiger charge is -2.27. The van der Waals surface area contributed by atoms with Crippen LogP contribution in [0.25, 0.3) is 0 Å². The molecule has 7 heteroatoms. The average Bonchev–Trinajstić information content (AvgIpc) is 2.88. The zero-order valence-electron chi connectivity index (χ0n) is 10.2. The minimum absolute atomic E-state index is 0.181. The van der Waals surface area contributed by atoms with Gasteiger partial charge in [0.1, 0.15) is 12.4 Å². The minimum Gasteiger partial charge on any atom is -0.468 e. The van der Waals surface area contributed by atoms with E-state index in [1.807, 2.05) is 0 Å². The Bertz CT molecular complexity index is 514. The smallest absolute Gasteiger partial charge is 0.219 e. The molecule has 0 radical (unpaired) electrons. The van der Waals surface area contributed by atoms with Crippen LogP contribution in [-0.4, -0.2) is 22.9 Å². The summed E-state index contributed by atoms with van der Waals surface area (Å²) < 4.78 is 18.1. The SMILES string of the molecule is CC1=C(C(=O)SCc2ccco2)C(CF)NC(=S)N1. The zero-order valence-corrected chi connectivity index (χ0v) is 11.9. The number of hydrogen-bond acceptors (Lipinski definition) is 4. The van der Waals surface area contributed by atoms with Gasteiger partial charge in [0.05, 0.1) is 23.6 Å². The van der Waals surface area contributed by atoms with Crippen LogP contribution in [0.4, 0.5) is 4.39 Å². The second-order valence-electron chi connectivity index (χ2n) is 4.00. The molecule has 4 nitrogen and oxygen atoms in total. The Morgan fingerprint density at radius 2 is 2.42 bits per heavy atom. The van der Waals surface area contributed by atoms with Crippen LogP contribution in [0.3, 0.4) is 0 Å². The number of carbonyl (C=O) groups is 1. The highest BCUT2D eigenvalue weighted by molar-refractivity contribution is 8.13. The van der Waals surface area contributed by atoms with Gasteiger partial charge in [0.25, 0.3) is 0 Å². The summed E-state index contributed by atoms with van der Waals surface area (Å²) in [5.74, 6) is 1.13. The van der Waals surface area contributed by atoms with Crippen molar-refractivity contribution in [3.8, 4) is 0 Å². The predicted molar refractivity (Wildman–Crippen MR) is 76.3 cm³/mol. The molecule has 1 aromatic heterocycles. The van der Waals surface area contributed by atoms with Gasteiger partial charge in [-0.3, -0.25) is 4.79 Å². The van der Waals surface area contributed by atoms with E-state index in [2.05, 4.69) is 10.6 Å². The van der Waals surface area contributed by atoms with Crippen LogP contribution >= 0.6 is 24.0 Å². The summed E-state index contributed by atoms with van der Waals surface area (Å²) >= 11 is 6.02. The summed E-state index contributed by atoms with van der Waals surface area (Å²) in [5, 5.41) is 5.75. The summed E-state index contributed by atoms with van der Waals surface area (Å²) in [6, 6.07) is 2.88. The maximum atomic E-state index is 13.0. The van der Waals surface area contributed by atoms with Gasteiger partial charge in [0.2, 0.25) is 5.12 Å². The largest absolute Gasteiger partial charge is 0.468 e. The van der Waals surface area contributed by atoms with Gasteiger partial charge in [-0.15, -0.1) is 0 Å². The number of halogens is 1. The number of alkyl halides is 1. The van der Waals surface area contributed by atoms with Crippen LogP contribution in [0.5, 0.6) is 0 Å². The second-order valence-corrected chi connectivity index (χ2v) is 5.36. The summed E-state index contributed by atoms with van der Waals surface area (Å²) in [6.07, 6.45) is 1.55. The third kappa shape index (κ3) is 3.36. The molecule has 0 aromatic carbocycles. The molecule has 102 valence electrons. The van der Waals surface area contributed by atoms with Crippen LogP contribution < -0.4 is 10.6 Å². The average molecular weight is 300 g/mol. The zero-order chi connectivity index (χ0) is 13.8. The first kappa shape index (κ1) is 14.1. The molecule has 1 aromatic rings. The van der Waals surface area contributed by atoms with Gasteiger partial charge in [0.15, 0.2) is 5.11 Å². The molecule has 0 amide bonds. The van der Waals surface area contributed by atoms with E-state index >= 15 is 0 Å². The number of allylic oxidation sites excluding steroid dienone is 1. The Labute approximate surface area is 119 Å². The molecular weight excluding hydrogens is 287 g/mol. The van der Waals surface area contributed by atoms with E-state index in [4.69, 9.17) is 16.6 Å². The number of thiocarbonyl (C=S) groups is 1. The molecule has 2 heterocycles. The van der Waals surface area contributed by atoms with Gasteiger partial charge < -0.3 is 15.1 Å². The number of nitrogens with one attached hydrogen (secondary N) is 2. The highest BCUT2D eigenvalue weighted by Gasteiger charge is 2.28. The highest BCUT2D eigenvalue weighted by atomic mass is 32.2. The van der Waals surface area contributed by atoms with Gasteiger partial charge >= 0.3 is 0 Å². The van der Waals surface area contributed by atoms with E-state index in [9.17, 15) is 9.18 Å². The van der Waals surface area contributed by atoms with Gasteiger partial charge in [0, 0.05) is 5.70 Å². The van der Waals surface area contributed by atoms with Crippen molar-refractivity contribution in [2.45, 2.75) is 18.7 Å². The fourth-order valence-corrected chi connectivity index (χ4v) is 2.97. The van der Waals surface area contributed by atoms with E-state index < -0.39 is 12.7 Å². The summed E-state index contributed by atoms with van der Waals surface area (Å²) in [5.41, 5.74) is 0.996. The Morgan fingerprint density at radius 3 is 3.05 bits per heavy atom. The Balaban J connectivity index is 2.07. The minimum atomic E-state index is -0.679. The number of hydrogen-bond donors (Lipinski definition) is 2. The van der Waals surface area contributed by atoms with Crippen molar-refractivity contribution in [3.63, 3.8) is 0 Å². The van der Waals surface area contributed by atoms with E-state index in [1.54, 1.807) is 25.3 Å². The summed E-state index contributed by atoms with van der Waals surface area (Å²) in [6.45, 7) is 1.04. The van der Waals surface area contributed by atoms with Gasteiger partial charge in [-0.05, 0) is 31.3 Å². The number of carbonyl (C=O) groups excluding carboxylic acids is 1. The lowest BCUT2D eigenvalue weighted by Crippen LogP contribution is -2.50. The molecule has 1 aliphatic rings. The first-order chi connectivity index (χ1) is 9.11. The number of rotatable bonds is 4. The molecule has 0 bridgehead atoms. The quantitative estimate of drug-likeness (QED) is 0.831. The van der Waals surface area contributed by atoms with Crippen LogP contribution in [0.15, 0.2) is 34.1 Å². The molecule has 0 spiro atoms.